The normalized spacial score (nSPS) is 11.3. The first-order chi connectivity index (χ1) is 9.99. The molecule has 0 unspecified atom stereocenters. The van der Waals surface area contributed by atoms with Crippen LogP contribution in [0.25, 0.3) is 0 Å². The predicted octanol–water partition coefficient (Wildman–Crippen LogP) is 2.94. The zero-order chi connectivity index (χ0) is 16.0. The van der Waals surface area contributed by atoms with Crippen molar-refractivity contribution >= 4 is 11.6 Å². The van der Waals surface area contributed by atoms with E-state index >= 15 is 0 Å². The summed E-state index contributed by atoms with van der Waals surface area (Å²) in [4.78, 5) is 11.6. The molecule has 1 heterocycles. The molecule has 120 valence electrons. The highest BCUT2D eigenvalue weighted by Crippen LogP contribution is 2.28. The predicted molar refractivity (Wildman–Crippen MR) is 89.2 cm³/mol. The number of aliphatic hydroxyl groups excluding tert-OH is 1. The third-order valence-electron chi connectivity index (χ3n) is 3.89. The molecule has 0 atom stereocenters. The van der Waals surface area contributed by atoms with E-state index in [2.05, 4.69) is 42.9 Å². The Labute approximate surface area is 128 Å². The van der Waals surface area contributed by atoms with Crippen LogP contribution in [0.2, 0.25) is 0 Å². The number of anilines is 2. The molecule has 0 saturated carbocycles. The summed E-state index contributed by atoms with van der Waals surface area (Å²) in [5.74, 6) is 2.93. The van der Waals surface area contributed by atoms with E-state index in [-0.39, 0.29) is 12.5 Å². The molecule has 5 nitrogen and oxygen atoms in total. The van der Waals surface area contributed by atoms with Crippen molar-refractivity contribution < 1.29 is 5.11 Å². The Bertz CT molecular complexity index is 444. The third-order valence-corrected chi connectivity index (χ3v) is 3.89. The quantitative estimate of drug-likeness (QED) is 0.772. The summed E-state index contributed by atoms with van der Waals surface area (Å²) in [6.07, 6.45) is 2.07. The minimum Gasteiger partial charge on any atom is -0.395 e. The topological polar surface area (TPSA) is 61.3 Å². The van der Waals surface area contributed by atoms with Gasteiger partial charge in [0, 0.05) is 31.1 Å². The molecule has 0 aliphatic heterocycles. The zero-order valence-electron chi connectivity index (χ0n) is 14.3. The second-order valence-electron chi connectivity index (χ2n) is 5.67. The van der Waals surface area contributed by atoms with Crippen LogP contribution in [0.1, 0.15) is 57.8 Å². The molecular formula is C16H30N4O. The molecule has 21 heavy (non-hydrogen) atoms. The molecule has 0 aliphatic carbocycles. The number of aliphatic hydroxyl groups is 1. The van der Waals surface area contributed by atoms with Crippen molar-refractivity contribution in [2.45, 2.75) is 59.4 Å². The molecule has 0 spiro atoms. The van der Waals surface area contributed by atoms with E-state index in [1.165, 1.54) is 0 Å². The fourth-order valence-corrected chi connectivity index (χ4v) is 2.60. The highest BCUT2D eigenvalue weighted by molar-refractivity contribution is 5.59. The monoisotopic (exact) mass is 294 g/mol. The van der Waals surface area contributed by atoms with Gasteiger partial charge in [0.25, 0.3) is 0 Å². The van der Waals surface area contributed by atoms with E-state index in [9.17, 15) is 5.11 Å². The Morgan fingerprint density at radius 1 is 1.19 bits per heavy atom. The van der Waals surface area contributed by atoms with Crippen molar-refractivity contribution in [2.75, 3.05) is 30.4 Å². The van der Waals surface area contributed by atoms with Crippen molar-refractivity contribution in [3.63, 3.8) is 0 Å². The molecule has 0 aromatic carbocycles. The average molecular weight is 294 g/mol. The van der Waals surface area contributed by atoms with Crippen LogP contribution in [0, 0.1) is 6.92 Å². The lowest BCUT2D eigenvalue weighted by Gasteiger charge is -2.33. The Hall–Kier alpha value is -1.36. The summed E-state index contributed by atoms with van der Waals surface area (Å²) in [6.45, 7) is 11.3. The average Bonchev–Trinajstić information content (AvgIpc) is 2.47. The van der Waals surface area contributed by atoms with Crippen molar-refractivity contribution in [1.82, 2.24) is 9.97 Å². The maximum atomic E-state index is 9.43. The molecule has 1 aromatic rings. The molecule has 5 heteroatoms. The molecule has 0 bridgehead atoms. The van der Waals surface area contributed by atoms with Crippen LogP contribution >= 0.6 is 0 Å². The first kappa shape index (κ1) is 17.7. The van der Waals surface area contributed by atoms with E-state index in [1.54, 1.807) is 0 Å². The highest BCUT2D eigenvalue weighted by atomic mass is 16.3. The second kappa shape index (κ2) is 8.17. The van der Waals surface area contributed by atoms with Gasteiger partial charge in [-0.2, -0.15) is 0 Å². The van der Waals surface area contributed by atoms with Gasteiger partial charge in [0.2, 0.25) is 0 Å². The summed E-state index contributed by atoms with van der Waals surface area (Å²) in [6, 6.07) is 0.385. The lowest BCUT2D eigenvalue weighted by molar-refractivity contribution is 0.295. The van der Waals surface area contributed by atoms with Crippen LogP contribution < -0.4 is 10.2 Å². The molecule has 1 aromatic heterocycles. The van der Waals surface area contributed by atoms with Gasteiger partial charge in [-0.1, -0.05) is 27.7 Å². The molecule has 2 N–H and O–H groups in total. The van der Waals surface area contributed by atoms with Gasteiger partial charge in [-0.15, -0.1) is 0 Å². The Kier molecular flexibility index (Phi) is 6.89. The lowest BCUT2D eigenvalue weighted by atomic mass is 10.1. The number of nitrogens with zero attached hydrogens (tertiary/aromatic N) is 3. The SMILES string of the molecule is CCC(CC)N(CCO)c1nc(C(C)C)nc(NC)c1C. The molecule has 0 fully saturated rings. The van der Waals surface area contributed by atoms with Crippen molar-refractivity contribution in [3.8, 4) is 0 Å². The maximum absolute atomic E-state index is 9.43. The van der Waals surface area contributed by atoms with Crippen molar-refractivity contribution in [3.05, 3.63) is 11.4 Å². The van der Waals surface area contributed by atoms with Gasteiger partial charge < -0.3 is 15.3 Å². The van der Waals surface area contributed by atoms with Crippen LogP contribution in [0.3, 0.4) is 0 Å². The van der Waals surface area contributed by atoms with Gasteiger partial charge in [-0.25, -0.2) is 9.97 Å². The van der Waals surface area contributed by atoms with Crippen LogP contribution in [-0.4, -0.2) is 41.3 Å². The Morgan fingerprint density at radius 2 is 1.81 bits per heavy atom. The van der Waals surface area contributed by atoms with Gasteiger partial charge in [0.1, 0.15) is 17.5 Å². The summed E-state index contributed by atoms with van der Waals surface area (Å²) < 4.78 is 0. The fourth-order valence-electron chi connectivity index (χ4n) is 2.60. The standard InChI is InChI=1S/C16H30N4O/c1-7-13(8-2)20(9-10-21)16-12(5)15(17-6)18-14(19-16)11(3)4/h11,13,21H,7-10H2,1-6H3,(H,17,18,19). The fraction of sp³-hybridized carbons (Fsp3) is 0.750. The molecule has 0 amide bonds. The zero-order valence-corrected chi connectivity index (χ0v) is 14.3. The Balaban J connectivity index is 3.37. The molecular weight excluding hydrogens is 264 g/mol. The molecule has 0 aliphatic rings. The first-order valence-corrected chi connectivity index (χ1v) is 7.93. The smallest absolute Gasteiger partial charge is 0.137 e. The summed E-state index contributed by atoms with van der Waals surface area (Å²) >= 11 is 0. The van der Waals surface area contributed by atoms with Crippen LogP contribution in [0.15, 0.2) is 0 Å². The van der Waals surface area contributed by atoms with E-state index in [1.807, 2.05) is 14.0 Å². The third kappa shape index (κ3) is 4.06. The second-order valence-corrected chi connectivity index (χ2v) is 5.67. The van der Waals surface area contributed by atoms with Gasteiger partial charge in [0.15, 0.2) is 0 Å². The largest absolute Gasteiger partial charge is 0.395 e. The Morgan fingerprint density at radius 3 is 2.24 bits per heavy atom. The van der Waals surface area contributed by atoms with E-state index < -0.39 is 0 Å². The highest BCUT2D eigenvalue weighted by Gasteiger charge is 2.22. The summed E-state index contributed by atoms with van der Waals surface area (Å²) in [5, 5.41) is 12.6. The summed E-state index contributed by atoms with van der Waals surface area (Å²) in [7, 11) is 1.89. The molecule has 1 rings (SSSR count). The number of hydrogen-bond acceptors (Lipinski definition) is 5. The van der Waals surface area contributed by atoms with E-state index in [0.29, 0.717) is 12.6 Å². The maximum Gasteiger partial charge on any atom is 0.137 e. The van der Waals surface area contributed by atoms with Crippen LogP contribution in [0.5, 0.6) is 0 Å². The molecule has 0 radical (unpaired) electrons. The van der Waals surface area contributed by atoms with Gasteiger partial charge in [-0.05, 0) is 19.8 Å². The minimum absolute atomic E-state index is 0.131. The van der Waals surface area contributed by atoms with Crippen LogP contribution in [-0.2, 0) is 0 Å². The van der Waals surface area contributed by atoms with E-state index in [0.717, 1.165) is 35.9 Å². The van der Waals surface area contributed by atoms with Gasteiger partial charge in [-0.3, -0.25) is 0 Å². The lowest BCUT2D eigenvalue weighted by Crippen LogP contribution is -2.38. The number of nitrogens with one attached hydrogen (secondary N) is 1. The van der Waals surface area contributed by atoms with Gasteiger partial charge in [0.05, 0.1) is 6.61 Å². The van der Waals surface area contributed by atoms with Crippen molar-refractivity contribution in [2.24, 2.45) is 0 Å². The van der Waals surface area contributed by atoms with Crippen LogP contribution in [0.4, 0.5) is 11.6 Å². The first-order valence-electron chi connectivity index (χ1n) is 7.93. The summed E-state index contributed by atoms with van der Waals surface area (Å²) in [5.41, 5.74) is 1.04. The molecule has 0 saturated heterocycles. The van der Waals surface area contributed by atoms with E-state index in [4.69, 9.17) is 4.98 Å². The minimum atomic E-state index is 0.131. The van der Waals surface area contributed by atoms with Gasteiger partial charge >= 0.3 is 0 Å². The number of aromatic nitrogens is 2. The number of hydrogen-bond donors (Lipinski definition) is 2. The number of rotatable bonds is 8. The van der Waals surface area contributed by atoms with Crippen molar-refractivity contribution in [1.29, 1.82) is 0 Å².